The molecule has 1 aromatic heterocycles. The van der Waals surface area contributed by atoms with Crippen LogP contribution < -0.4 is 0 Å². The number of hydrogen-bond acceptors (Lipinski definition) is 1. The fourth-order valence-corrected chi connectivity index (χ4v) is 8.23. The second-order valence-corrected chi connectivity index (χ2v) is 12.7. The van der Waals surface area contributed by atoms with Crippen molar-refractivity contribution in [1.82, 2.24) is 4.98 Å². The Labute approximate surface area is 276 Å². The van der Waals surface area contributed by atoms with Crippen molar-refractivity contribution in [2.24, 2.45) is 0 Å². The molecule has 7 aromatic carbocycles. The molecule has 0 fully saturated rings. The predicted molar refractivity (Wildman–Crippen MR) is 198 cm³/mol. The summed E-state index contributed by atoms with van der Waals surface area (Å²) in [5, 5.41) is 3.97. The van der Waals surface area contributed by atoms with E-state index in [4.69, 9.17) is 20.7 Å². The van der Waals surface area contributed by atoms with Crippen molar-refractivity contribution < 1.29 is 0 Å². The highest BCUT2D eigenvalue weighted by Gasteiger charge is 2.36. The fourth-order valence-electron chi connectivity index (χ4n) is 8.23. The van der Waals surface area contributed by atoms with Crippen LogP contribution in [0.15, 0.2) is 152 Å². The largest absolute Gasteiger partial charge is 0.256 e. The van der Waals surface area contributed by atoms with Gasteiger partial charge in [-0.25, -0.2) is 0 Å². The average molecular weight is 589 g/mol. The number of aromatic nitrogens is 1. The molecule has 0 spiro atoms. The lowest BCUT2D eigenvalue weighted by Crippen LogP contribution is -2.25. The van der Waals surface area contributed by atoms with Crippen LogP contribution in [-0.4, -0.2) is 20.7 Å². The van der Waals surface area contributed by atoms with Crippen LogP contribution in [0.2, 0.25) is 0 Å². The van der Waals surface area contributed by atoms with Crippen LogP contribution in [0.25, 0.3) is 88.4 Å². The van der Waals surface area contributed by atoms with Gasteiger partial charge in [0.05, 0.1) is 21.4 Å². The molecule has 0 aliphatic heterocycles. The Morgan fingerprint density at radius 1 is 0.404 bits per heavy atom. The molecule has 10 rings (SSSR count). The smallest absolute Gasteiger partial charge is 0.0746 e. The number of rotatable bonds is 3. The molecule has 0 saturated carbocycles. The quantitative estimate of drug-likeness (QED) is 0.187. The van der Waals surface area contributed by atoms with Gasteiger partial charge >= 0.3 is 0 Å². The van der Waals surface area contributed by atoms with Crippen molar-refractivity contribution in [3.63, 3.8) is 0 Å². The predicted octanol–water partition coefficient (Wildman–Crippen LogP) is 10.6. The molecule has 0 unspecified atom stereocenters. The topological polar surface area (TPSA) is 12.9 Å². The van der Waals surface area contributed by atoms with E-state index in [1.54, 1.807) is 0 Å². The van der Waals surface area contributed by atoms with Gasteiger partial charge in [-0.15, -0.1) is 0 Å². The van der Waals surface area contributed by atoms with Crippen molar-refractivity contribution in [1.29, 1.82) is 0 Å². The Kier molecular flexibility index (Phi) is 5.46. The molecule has 0 bridgehead atoms. The van der Waals surface area contributed by atoms with E-state index < -0.39 is 5.21 Å². The molecule has 1 nitrogen and oxygen atoms in total. The lowest BCUT2D eigenvalue weighted by Gasteiger charge is -2.22. The minimum atomic E-state index is -1.06. The van der Waals surface area contributed by atoms with Gasteiger partial charge in [-0.05, 0) is 106 Å². The van der Waals surface area contributed by atoms with Crippen LogP contribution in [0.1, 0.15) is 11.1 Å². The minimum absolute atomic E-state index is 0.858. The first-order valence-corrected chi connectivity index (χ1v) is 16.1. The van der Waals surface area contributed by atoms with Crippen molar-refractivity contribution in [3.8, 4) is 66.9 Å². The van der Waals surface area contributed by atoms with Gasteiger partial charge in [0.2, 0.25) is 0 Å². The van der Waals surface area contributed by atoms with E-state index >= 15 is 0 Å². The highest BCUT2D eigenvalue weighted by molar-refractivity contribution is 6.44. The van der Waals surface area contributed by atoms with Gasteiger partial charge in [-0.3, -0.25) is 4.98 Å². The van der Waals surface area contributed by atoms with Crippen LogP contribution in [-0.2, 0) is 5.21 Å². The molecule has 212 valence electrons. The summed E-state index contributed by atoms with van der Waals surface area (Å²) in [6.07, 6.45) is 1.81. The number of pyridine rings is 1. The lowest BCUT2D eigenvalue weighted by atomic mass is 9.50. The summed E-state index contributed by atoms with van der Waals surface area (Å²) < 4.78 is 0. The Morgan fingerprint density at radius 2 is 1.00 bits per heavy atom. The van der Waals surface area contributed by atoms with Crippen molar-refractivity contribution in [2.45, 2.75) is 5.21 Å². The van der Waals surface area contributed by atoms with Gasteiger partial charge in [0, 0.05) is 11.8 Å². The van der Waals surface area contributed by atoms with E-state index in [9.17, 15) is 0 Å². The third-order valence-corrected chi connectivity index (χ3v) is 10.2. The Morgan fingerprint density at radius 3 is 1.68 bits per heavy atom. The molecular weight excluding hydrogens is 564 g/mol. The van der Waals surface area contributed by atoms with E-state index in [1.807, 2.05) is 18.3 Å². The molecule has 47 heavy (non-hydrogen) atoms. The van der Waals surface area contributed by atoms with Crippen molar-refractivity contribution in [3.05, 3.63) is 163 Å². The second-order valence-electron chi connectivity index (χ2n) is 12.7. The highest BCUT2D eigenvalue weighted by Crippen LogP contribution is 2.58. The maximum absolute atomic E-state index is 6.68. The monoisotopic (exact) mass is 589 g/mol. The summed E-state index contributed by atoms with van der Waals surface area (Å²) in [4.78, 5) is 4.70. The van der Waals surface area contributed by atoms with Gasteiger partial charge in [0.1, 0.15) is 0 Å². The third-order valence-electron chi connectivity index (χ3n) is 10.2. The van der Waals surface area contributed by atoms with Crippen molar-refractivity contribution in [2.75, 3.05) is 0 Å². The van der Waals surface area contributed by atoms with E-state index in [0.717, 1.165) is 27.9 Å². The standard InChI is InChI=1S/C44H25B2N/c45-44(46)36-23-20-28(25-35(36)43-37(44)19-10-24-47-43)29-21-22-34-40-30(29)17-9-18-33(40)41-38(26-11-3-1-4-12-26)31-15-7-8-16-32(31)39(42(34)41)27-13-5-2-6-14-27/h1-25H. The molecule has 4 radical (unpaired) electrons. The molecule has 3 heteroatoms. The number of benzene rings is 7. The van der Waals surface area contributed by atoms with Gasteiger partial charge in [0.25, 0.3) is 0 Å². The lowest BCUT2D eigenvalue weighted by molar-refractivity contribution is 1.07. The number of fused-ring (bicyclic) bond motifs is 7. The molecular formula is C44H25B2N. The second kappa shape index (κ2) is 9.67. The summed E-state index contributed by atoms with van der Waals surface area (Å²) in [7, 11) is 13.4. The third kappa shape index (κ3) is 3.60. The molecule has 2 aliphatic carbocycles. The zero-order valence-corrected chi connectivity index (χ0v) is 25.5. The average Bonchev–Trinajstić information content (AvgIpc) is 3.57. The SMILES string of the molecule is [B]C1([B])c2ccc(-c3ccc4c5c(cccc35)-c3c-4c(-c4ccccc4)c4ccccc4c3-c3ccccc3)cc2-c2ncccc21. The van der Waals surface area contributed by atoms with Gasteiger partial charge < -0.3 is 0 Å². The summed E-state index contributed by atoms with van der Waals surface area (Å²) >= 11 is 0. The fraction of sp³-hybridized carbons (Fsp3) is 0.0227. The maximum Gasteiger partial charge on any atom is 0.0746 e. The molecule has 0 saturated heterocycles. The van der Waals surface area contributed by atoms with Gasteiger partial charge in [-0.2, -0.15) is 0 Å². The molecule has 0 amide bonds. The first-order chi connectivity index (χ1) is 23.1. The summed E-state index contributed by atoms with van der Waals surface area (Å²) in [6, 6.07) is 52.3. The van der Waals surface area contributed by atoms with Gasteiger partial charge in [-0.1, -0.05) is 133 Å². The van der Waals surface area contributed by atoms with Gasteiger partial charge in [0.15, 0.2) is 0 Å². The molecule has 0 N–H and O–H groups in total. The Hall–Kier alpha value is -5.66. The van der Waals surface area contributed by atoms with Crippen LogP contribution in [0.5, 0.6) is 0 Å². The van der Waals surface area contributed by atoms with Crippen LogP contribution in [0, 0.1) is 0 Å². The molecule has 0 atom stereocenters. The maximum atomic E-state index is 6.68. The molecule has 1 heterocycles. The highest BCUT2D eigenvalue weighted by atomic mass is 14.7. The Balaban J connectivity index is 1.30. The molecule has 8 aromatic rings. The summed E-state index contributed by atoms with van der Waals surface area (Å²) in [6.45, 7) is 0. The van der Waals surface area contributed by atoms with E-state index in [-0.39, 0.29) is 0 Å². The zero-order chi connectivity index (χ0) is 31.3. The van der Waals surface area contributed by atoms with E-state index in [0.29, 0.717) is 0 Å². The van der Waals surface area contributed by atoms with Crippen molar-refractivity contribution >= 4 is 37.2 Å². The normalized spacial score (nSPS) is 13.4. The Bertz CT molecular complexity index is 2490. The molecule has 2 aliphatic rings. The van der Waals surface area contributed by atoms with Crippen LogP contribution in [0.4, 0.5) is 0 Å². The zero-order valence-electron chi connectivity index (χ0n) is 25.5. The summed E-state index contributed by atoms with van der Waals surface area (Å²) in [5.41, 5.74) is 16.1. The number of nitrogens with zero attached hydrogens (tertiary/aromatic N) is 1. The minimum Gasteiger partial charge on any atom is -0.256 e. The summed E-state index contributed by atoms with van der Waals surface area (Å²) in [5.74, 6) is 0. The van der Waals surface area contributed by atoms with E-state index in [1.165, 1.54) is 71.6 Å². The van der Waals surface area contributed by atoms with Crippen LogP contribution in [0.3, 0.4) is 0 Å². The first-order valence-electron chi connectivity index (χ1n) is 16.1. The van der Waals surface area contributed by atoms with E-state index in [2.05, 4.69) is 133 Å². The number of hydrogen-bond donors (Lipinski definition) is 0. The first kappa shape index (κ1) is 26.5. The van der Waals surface area contributed by atoms with Crippen LogP contribution >= 0.6 is 0 Å².